The lowest BCUT2D eigenvalue weighted by atomic mass is 10.3. The molecule has 3 rings (SSSR count). The van der Waals surface area contributed by atoms with Gasteiger partial charge in [-0.2, -0.15) is 0 Å². The standard InChI is InChI=1S/C15H19N5/c1-3-7-16-11-13-15(19-10-8-17-12(19)2)18-14-6-4-5-9-20(13)14/h4-6,8-10,16H,3,7,11H2,1-2H3. The normalized spacial score (nSPS) is 11.3. The number of rotatable bonds is 5. The molecular formula is C15H19N5. The minimum absolute atomic E-state index is 0.798. The summed E-state index contributed by atoms with van der Waals surface area (Å²) in [6, 6.07) is 6.07. The molecule has 0 amide bonds. The van der Waals surface area contributed by atoms with Crippen LogP contribution >= 0.6 is 0 Å². The molecule has 0 unspecified atom stereocenters. The van der Waals surface area contributed by atoms with Crippen molar-refractivity contribution in [3.05, 3.63) is 48.3 Å². The molecule has 0 aliphatic heterocycles. The van der Waals surface area contributed by atoms with Gasteiger partial charge in [0.15, 0.2) is 5.82 Å². The van der Waals surface area contributed by atoms with E-state index in [9.17, 15) is 0 Å². The van der Waals surface area contributed by atoms with Gasteiger partial charge in [0.1, 0.15) is 11.5 Å². The maximum Gasteiger partial charge on any atom is 0.161 e. The smallest absolute Gasteiger partial charge is 0.161 e. The van der Waals surface area contributed by atoms with Gasteiger partial charge in [0.25, 0.3) is 0 Å². The van der Waals surface area contributed by atoms with Crippen LogP contribution in [0.25, 0.3) is 11.5 Å². The molecule has 104 valence electrons. The average molecular weight is 269 g/mol. The van der Waals surface area contributed by atoms with Crippen molar-refractivity contribution in [1.29, 1.82) is 0 Å². The fraction of sp³-hybridized carbons (Fsp3) is 0.333. The van der Waals surface area contributed by atoms with Crippen LogP contribution < -0.4 is 5.32 Å². The zero-order valence-corrected chi connectivity index (χ0v) is 11.9. The molecule has 5 heteroatoms. The summed E-state index contributed by atoms with van der Waals surface area (Å²) in [6.07, 6.45) is 6.94. The number of hydrogen-bond acceptors (Lipinski definition) is 3. The second-order valence-corrected chi connectivity index (χ2v) is 4.83. The largest absolute Gasteiger partial charge is 0.311 e. The van der Waals surface area contributed by atoms with Gasteiger partial charge in [0.2, 0.25) is 0 Å². The van der Waals surface area contributed by atoms with Crippen molar-refractivity contribution in [3.63, 3.8) is 0 Å². The zero-order valence-electron chi connectivity index (χ0n) is 11.9. The van der Waals surface area contributed by atoms with Crippen LogP contribution in [-0.2, 0) is 6.54 Å². The lowest BCUT2D eigenvalue weighted by molar-refractivity contribution is 0.657. The Bertz CT molecular complexity index is 710. The minimum Gasteiger partial charge on any atom is -0.311 e. The molecule has 3 aromatic heterocycles. The van der Waals surface area contributed by atoms with Crippen molar-refractivity contribution in [1.82, 2.24) is 24.3 Å². The third-order valence-corrected chi connectivity index (χ3v) is 3.38. The van der Waals surface area contributed by atoms with Crippen LogP contribution in [0.3, 0.4) is 0 Å². The molecule has 0 aromatic carbocycles. The van der Waals surface area contributed by atoms with E-state index in [2.05, 4.69) is 27.8 Å². The Morgan fingerprint density at radius 3 is 2.90 bits per heavy atom. The Morgan fingerprint density at radius 2 is 2.15 bits per heavy atom. The molecule has 0 bridgehead atoms. The Balaban J connectivity index is 2.10. The van der Waals surface area contributed by atoms with Crippen LogP contribution in [-0.4, -0.2) is 25.5 Å². The Morgan fingerprint density at radius 1 is 1.25 bits per heavy atom. The first-order valence-electron chi connectivity index (χ1n) is 6.98. The highest BCUT2D eigenvalue weighted by molar-refractivity contribution is 5.49. The molecule has 3 aromatic rings. The predicted octanol–water partition coefficient (Wildman–Crippen LogP) is 2.33. The van der Waals surface area contributed by atoms with Crippen LogP contribution in [0.1, 0.15) is 24.9 Å². The van der Waals surface area contributed by atoms with E-state index >= 15 is 0 Å². The van der Waals surface area contributed by atoms with Gasteiger partial charge in [-0.15, -0.1) is 0 Å². The Labute approximate surface area is 118 Å². The van der Waals surface area contributed by atoms with E-state index in [1.165, 1.54) is 0 Å². The molecule has 0 aliphatic rings. The molecule has 5 nitrogen and oxygen atoms in total. The third kappa shape index (κ3) is 2.20. The monoisotopic (exact) mass is 269 g/mol. The first-order chi connectivity index (χ1) is 9.81. The van der Waals surface area contributed by atoms with Crippen molar-refractivity contribution in [2.24, 2.45) is 0 Å². The number of hydrogen-bond donors (Lipinski definition) is 1. The SMILES string of the molecule is CCCNCc1c(-n2ccnc2C)nc2ccccn12. The fourth-order valence-electron chi connectivity index (χ4n) is 2.38. The van der Waals surface area contributed by atoms with E-state index in [1.54, 1.807) is 0 Å². The summed E-state index contributed by atoms with van der Waals surface area (Å²) in [5, 5.41) is 3.46. The van der Waals surface area contributed by atoms with E-state index < -0.39 is 0 Å². The number of fused-ring (bicyclic) bond motifs is 1. The first kappa shape index (κ1) is 12.9. The fourth-order valence-corrected chi connectivity index (χ4v) is 2.38. The van der Waals surface area contributed by atoms with Gasteiger partial charge in [0, 0.05) is 25.1 Å². The molecule has 0 spiro atoms. The van der Waals surface area contributed by atoms with E-state index in [-0.39, 0.29) is 0 Å². The molecule has 0 saturated carbocycles. The lowest BCUT2D eigenvalue weighted by Crippen LogP contribution is -2.17. The summed E-state index contributed by atoms with van der Waals surface area (Å²) in [6.45, 7) is 5.96. The summed E-state index contributed by atoms with van der Waals surface area (Å²) < 4.78 is 4.17. The number of nitrogens with zero attached hydrogens (tertiary/aromatic N) is 4. The van der Waals surface area contributed by atoms with Crippen LogP contribution in [0.2, 0.25) is 0 Å². The van der Waals surface area contributed by atoms with Gasteiger partial charge >= 0.3 is 0 Å². The quantitative estimate of drug-likeness (QED) is 0.723. The van der Waals surface area contributed by atoms with E-state index in [0.717, 1.165) is 42.5 Å². The molecule has 3 heterocycles. The van der Waals surface area contributed by atoms with E-state index in [1.807, 2.05) is 42.1 Å². The lowest BCUT2D eigenvalue weighted by Gasteiger charge is -2.07. The van der Waals surface area contributed by atoms with Crippen molar-refractivity contribution in [2.45, 2.75) is 26.8 Å². The van der Waals surface area contributed by atoms with E-state index in [4.69, 9.17) is 4.98 Å². The topological polar surface area (TPSA) is 47.2 Å². The van der Waals surface area contributed by atoms with Gasteiger partial charge in [-0.3, -0.25) is 4.57 Å². The summed E-state index contributed by atoms with van der Waals surface area (Å²) in [5.74, 6) is 1.90. The predicted molar refractivity (Wildman–Crippen MR) is 79.0 cm³/mol. The third-order valence-electron chi connectivity index (χ3n) is 3.38. The summed E-state index contributed by atoms with van der Waals surface area (Å²) >= 11 is 0. The molecular weight excluding hydrogens is 250 g/mol. The highest BCUT2D eigenvalue weighted by Gasteiger charge is 2.14. The average Bonchev–Trinajstić information content (AvgIpc) is 3.03. The van der Waals surface area contributed by atoms with Crippen molar-refractivity contribution < 1.29 is 0 Å². The number of imidazole rings is 2. The van der Waals surface area contributed by atoms with Crippen LogP contribution in [0.4, 0.5) is 0 Å². The second-order valence-electron chi connectivity index (χ2n) is 4.83. The molecule has 0 aliphatic carbocycles. The molecule has 0 atom stereocenters. The highest BCUT2D eigenvalue weighted by atomic mass is 15.2. The van der Waals surface area contributed by atoms with Gasteiger partial charge < -0.3 is 9.72 Å². The maximum atomic E-state index is 4.74. The molecule has 0 saturated heterocycles. The van der Waals surface area contributed by atoms with Crippen molar-refractivity contribution in [3.8, 4) is 5.82 Å². The van der Waals surface area contributed by atoms with Gasteiger partial charge in [-0.1, -0.05) is 13.0 Å². The Kier molecular flexibility index (Phi) is 3.52. The summed E-state index contributed by atoms with van der Waals surface area (Å²) in [7, 11) is 0. The van der Waals surface area contributed by atoms with Gasteiger partial charge in [-0.25, -0.2) is 9.97 Å². The number of aromatic nitrogens is 4. The summed E-state index contributed by atoms with van der Waals surface area (Å²) in [5.41, 5.74) is 2.12. The highest BCUT2D eigenvalue weighted by Crippen LogP contribution is 2.18. The van der Waals surface area contributed by atoms with Crippen LogP contribution in [0, 0.1) is 6.92 Å². The van der Waals surface area contributed by atoms with Crippen LogP contribution in [0.15, 0.2) is 36.8 Å². The molecule has 20 heavy (non-hydrogen) atoms. The van der Waals surface area contributed by atoms with Gasteiger partial charge in [0.05, 0.1) is 5.69 Å². The molecule has 0 radical (unpaired) electrons. The molecule has 1 N–H and O–H groups in total. The zero-order chi connectivity index (χ0) is 13.9. The minimum atomic E-state index is 0.798. The van der Waals surface area contributed by atoms with Crippen molar-refractivity contribution in [2.75, 3.05) is 6.54 Å². The molecule has 0 fully saturated rings. The second kappa shape index (κ2) is 5.46. The van der Waals surface area contributed by atoms with Crippen molar-refractivity contribution >= 4 is 5.65 Å². The van der Waals surface area contributed by atoms with Crippen LogP contribution in [0.5, 0.6) is 0 Å². The summed E-state index contributed by atoms with van der Waals surface area (Å²) in [4.78, 5) is 9.03. The maximum absolute atomic E-state index is 4.74. The number of aryl methyl sites for hydroxylation is 1. The van der Waals surface area contributed by atoms with Gasteiger partial charge in [-0.05, 0) is 32.0 Å². The number of nitrogens with one attached hydrogen (secondary N) is 1. The Hall–Kier alpha value is -2.14. The number of pyridine rings is 1. The van der Waals surface area contributed by atoms with E-state index in [0.29, 0.717) is 0 Å². The first-order valence-corrected chi connectivity index (χ1v) is 6.98.